The molecule has 0 amide bonds. The van der Waals surface area contributed by atoms with Gasteiger partial charge in [0, 0.05) is 11.5 Å². The van der Waals surface area contributed by atoms with Gasteiger partial charge < -0.3 is 15.4 Å². The van der Waals surface area contributed by atoms with Gasteiger partial charge in [-0.1, -0.05) is 12.8 Å². The zero-order chi connectivity index (χ0) is 14.6. The lowest BCUT2D eigenvalue weighted by Crippen LogP contribution is -2.59. The number of rotatable bonds is 1. The molecule has 3 nitrogen and oxygen atoms in total. The largest absolute Gasteiger partial charge is 0.495 e. The molecule has 1 aromatic rings. The van der Waals surface area contributed by atoms with Gasteiger partial charge in [0.1, 0.15) is 5.75 Å². The summed E-state index contributed by atoms with van der Waals surface area (Å²) in [4.78, 5) is 2.59. The molecule has 2 N–H and O–H groups in total. The number of likely N-dealkylation sites (N-methyl/N-ethyl adjacent to an activating group) is 1. The molecule has 1 aliphatic heterocycles. The molecule has 1 aromatic carbocycles. The number of piperidine rings is 1. The van der Waals surface area contributed by atoms with Gasteiger partial charge in [-0.05, 0) is 68.5 Å². The van der Waals surface area contributed by atoms with Crippen LogP contribution in [0.25, 0.3) is 0 Å². The summed E-state index contributed by atoms with van der Waals surface area (Å²) in [6.07, 6.45) is 7.97. The molecule has 4 rings (SSSR count). The van der Waals surface area contributed by atoms with Crippen molar-refractivity contribution >= 4 is 5.69 Å². The molecule has 1 heterocycles. The van der Waals surface area contributed by atoms with E-state index >= 15 is 0 Å². The van der Waals surface area contributed by atoms with E-state index in [1.807, 2.05) is 0 Å². The minimum atomic E-state index is 0.393. The summed E-state index contributed by atoms with van der Waals surface area (Å²) in [5.41, 5.74) is 10.4. The van der Waals surface area contributed by atoms with Crippen molar-refractivity contribution in [1.82, 2.24) is 4.90 Å². The smallest absolute Gasteiger partial charge is 0.142 e. The van der Waals surface area contributed by atoms with Gasteiger partial charge in [0.05, 0.1) is 12.8 Å². The van der Waals surface area contributed by atoms with Gasteiger partial charge >= 0.3 is 0 Å². The zero-order valence-electron chi connectivity index (χ0n) is 13.2. The number of likely N-dealkylation sites (tertiary alicyclic amines) is 1. The maximum atomic E-state index is 6.17. The van der Waals surface area contributed by atoms with E-state index in [4.69, 9.17) is 10.5 Å². The first-order valence-corrected chi connectivity index (χ1v) is 8.33. The first kappa shape index (κ1) is 13.4. The Kier molecular flexibility index (Phi) is 2.97. The molecule has 1 saturated heterocycles. The second-order valence-electron chi connectivity index (χ2n) is 7.26. The summed E-state index contributed by atoms with van der Waals surface area (Å²) in [5, 5.41) is 0. The summed E-state index contributed by atoms with van der Waals surface area (Å²) in [6, 6.07) is 5.16. The second-order valence-corrected chi connectivity index (χ2v) is 7.26. The fourth-order valence-corrected chi connectivity index (χ4v) is 5.43. The first-order valence-electron chi connectivity index (χ1n) is 8.33. The molecular weight excluding hydrogens is 260 g/mol. The highest BCUT2D eigenvalue weighted by atomic mass is 16.5. The van der Waals surface area contributed by atoms with Crippen LogP contribution in [0.3, 0.4) is 0 Å². The third-order valence-corrected chi connectivity index (χ3v) is 6.46. The number of hydrogen-bond acceptors (Lipinski definition) is 3. The van der Waals surface area contributed by atoms with Crippen molar-refractivity contribution in [3.63, 3.8) is 0 Å². The Morgan fingerprint density at radius 1 is 1.29 bits per heavy atom. The molecule has 3 heteroatoms. The summed E-state index contributed by atoms with van der Waals surface area (Å²) in [5.74, 6) is 1.69. The Bertz CT molecular complexity index is 571. The van der Waals surface area contributed by atoms with Crippen LogP contribution in [0.1, 0.15) is 43.2 Å². The lowest BCUT2D eigenvalue weighted by atomic mass is 9.52. The van der Waals surface area contributed by atoms with Gasteiger partial charge in [-0.25, -0.2) is 0 Å². The van der Waals surface area contributed by atoms with E-state index in [0.29, 0.717) is 11.5 Å². The number of anilines is 1. The second kappa shape index (κ2) is 4.64. The highest BCUT2D eigenvalue weighted by Gasteiger charge is 2.53. The molecule has 0 aromatic heterocycles. The predicted molar refractivity (Wildman–Crippen MR) is 85.8 cm³/mol. The Morgan fingerprint density at radius 2 is 2.14 bits per heavy atom. The summed E-state index contributed by atoms with van der Waals surface area (Å²) in [7, 11) is 4.04. The van der Waals surface area contributed by atoms with Crippen molar-refractivity contribution in [2.75, 3.05) is 26.4 Å². The average molecular weight is 286 g/mol. The predicted octanol–water partition coefficient (Wildman–Crippen LogP) is 2.97. The average Bonchev–Trinajstić information content (AvgIpc) is 2.50. The van der Waals surface area contributed by atoms with Crippen molar-refractivity contribution in [3.05, 3.63) is 23.3 Å². The molecule has 3 aliphatic rings. The van der Waals surface area contributed by atoms with E-state index in [-0.39, 0.29) is 0 Å². The van der Waals surface area contributed by atoms with Crippen LogP contribution >= 0.6 is 0 Å². The Hall–Kier alpha value is -1.22. The molecule has 3 atom stereocenters. The summed E-state index contributed by atoms with van der Waals surface area (Å²) in [6.45, 7) is 1.23. The fourth-order valence-electron chi connectivity index (χ4n) is 5.43. The van der Waals surface area contributed by atoms with E-state index in [1.54, 1.807) is 12.7 Å². The van der Waals surface area contributed by atoms with Gasteiger partial charge in [0.25, 0.3) is 0 Å². The van der Waals surface area contributed by atoms with E-state index < -0.39 is 0 Å². The summed E-state index contributed by atoms with van der Waals surface area (Å²) < 4.78 is 5.51. The number of methoxy groups -OCH3 is 1. The van der Waals surface area contributed by atoms with Crippen molar-refractivity contribution in [2.24, 2.45) is 5.92 Å². The standard InChI is InChI=1S/C18H26N2O/c1-20-8-7-18-6-4-3-5-13(18)16(20)10-12-9-15(19)17(21-2)11-14(12)18/h9,11,13,16H,3-8,10,19H2,1-2H3/t13-,16-,18+/m0/s1. The summed E-state index contributed by atoms with van der Waals surface area (Å²) >= 11 is 0. The molecule has 114 valence electrons. The highest BCUT2D eigenvalue weighted by molar-refractivity contribution is 5.60. The van der Waals surface area contributed by atoms with Crippen LogP contribution in [0.15, 0.2) is 12.1 Å². The van der Waals surface area contributed by atoms with Crippen molar-refractivity contribution in [1.29, 1.82) is 0 Å². The number of ether oxygens (including phenoxy) is 1. The molecule has 2 fully saturated rings. The lowest BCUT2D eigenvalue weighted by molar-refractivity contribution is 0.00277. The third-order valence-electron chi connectivity index (χ3n) is 6.46. The van der Waals surface area contributed by atoms with Gasteiger partial charge in [-0.2, -0.15) is 0 Å². The number of fused-ring (bicyclic) bond motifs is 1. The minimum Gasteiger partial charge on any atom is -0.495 e. The molecule has 21 heavy (non-hydrogen) atoms. The van der Waals surface area contributed by atoms with Gasteiger partial charge in [0.2, 0.25) is 0 Å². The molecule has 0 unspecified atom stereocenters. The number of benzene rings is 1. The van der Waals surface area contributed by atoms with Crippen molar-refractivity contribution in [3.8, 4) is 5.75 Å². The zero-order valence-corrected chi connectivity index (χ0v) is 13.2. The van der Waals surface area contributed by atoms with E-state index in [9.17, 15) is 0 Å². The topological polar surface area (TPSA) is 38.5 Å². The maximum absolute atomic E-state index is 6.17. The Balaban J connectivity index is 1.90. The number of nitrogens with zero attached hydrogens (tertiary/aromatic N) is 1. The van der Waals surface area contributed by atoms with Gasteiger partial charge in [-0.15, -0.1) is 0 Å². The van der Waals surface area contributed by atoms with E-state index in [2.05, 4.69) is 24.1 Å². The van der Waals surface area contributed by atoms with Crippen LogP contribution in [0.4, 0.5) is 5.69 Å². The molecule has 2 bridgehead atoms. The maximum Gasteiger partial charge on any atom is 0.142 e. The monoisotopic (exact) mass is 286 g/mol. The van der Waals surface area contributed by atoms with Crippen LogP contribution in [0, 0.1) is 5.92 Å². The van der Waals surface area contributed by atoms with Crippen LogP contribution in [-0.2, 0) is 11.8 Å². The Morgan fingerprint density at radius 3 is 2.95 bits per heavy atom. The lowest BCUT2D eigenvalue weighted by Gasteiger charge is -2.58. The van der Waals surface area contributed by atoms with Crippen LogP contribution in [0.5, 0.6) is 5.75 Å². The fraction of sp³-hybridized carbons (Fsp3) is 0.667. The van der Waals surface area contributed by atoms with E-state index in [0.717, 1.165) is 23.8 Å². The molecular formula is C18H26N2O. The van der Waals surface area contributed by atoms with Crippen molar-refractivity contribution < 1.29 is 4.74 Å². The molecule has 2 aliphatic carbocycles. The minimum absolute atomic E-state index is 0.393. The van der Waals surface area contributed by atoms with Crippen molar-refractivity contribution in [2.45, 2.75) is 50.0 Å². The van der Waals surface area contributed by atoms with Crippen LogP contribution < -0.4 is 10.5 Å². The molecule has 0 radical (unpaired) electrons. The van der Waals surface area contributed by atoms with Crippen LogP contribution in [-0.4, -0.2) is 31.6 Å². The van der Waals surface area contributed by atoms with Gasteiger partial charge in [-0.3, -0.25) is 0 Å². The molecule has 0 spiro atoms. The van der Waals surface area contributed by atoms with Gasteiger partial charge in [0.15, 0.2) is 0 Å². The number of nitrogens with two attached hydrogens (primary N) is 1. The first-order chi connectivity index (χ1) is 10.2. The third kappa shape index (κ3) is 1.76. The normalized spacial score (nSPS) is 35.0. The molecule has 1 saturated carbocycles. The Labute approximate surface area is 127 Å². The quantitative estimate of drug-likeness (QED) is 0.807. The highest BCUT2D eigenvalue weighted by Crippen LogP contribution is 2.56. The van der Waals surface area contributed by atoms with E-state index in [1.165, 1.54) is 44.2 Å². The SMILES string of the molecule is COc1cc2c(cc1N)C[C@H]1[C@@H]3CCCC[C@]23CCN1C. The number of hydrogen-bond donors (Lipinski definition) is 1. The van der Waals surface area contributed by atoms with Crippen LogP contribution in [0.2, 0.25) is 0 Å². The number of nitrogen functional groups attached to an aromatic ring is 1.